The Kier molecular flexibility index (Phi) is 9.85. The van der Waals surface area contributed by atoms with E-state index in [0.717, 1.165) is 17.1 Å². The molecule has 4 aromatic rings. The second-order valence-corrected chi connectivity index (χ2v) is 23.0. The molecule has 0 saturated heterocycles. The number of fused-ring (bicyclic) bond motifs is 1. The maximum atomic E-state index is 6.28. The van der Waals surface area contributed by atoms with Crippen LogP contribution in [-0.2, 0) is 6.61 Å². The third-order valence-corrected chi connectivity index (χ3v) is 22.9. The first kappa shape index (κ1) is 26.7. The Hall–Kier alpha value is -2.34. The standard InChI is InChI=1S/C19H14N3O.3C4H9.Sn/c1-2-8-19(9-3-1)23-14-17-13-22(21-20-17)18-11-10-15-6-4-5-7-16(15)12-18;3*1-3-4-2;/h1-12H,14H2;3*1,3-4H2,2H3;. The fourth-order valence-corrected chi connectivity index (χ4v) is 22.2. The zero-order valence-corrected chi connectivity index (χ0v) is 25.1. The van der Waals surface area contributed by atoms with E-state index in [2.05, 4.69) is 67.9 Å². The van der Waals surface area contributed by atoms with E-state index in [1.54, 1.807) is 0 Å². The van der Waals surface area contributed by atoms with Crippen molar-refractivity contribution < 1.29 is 4.74 Å². The Balaban J connectivity index is 1.84. The molecule has 0 amide bonds. The van der Waals surface area contributed by atoms with Crippen LogP contribution in [0.5, 0.6) is 5.75 Å². The van der Waals surface area contributed by atoms with Crippen molar-refractivity contribution in [3.63, 3.8) is 0 Å². The first-order chi connectivity index (χ1) is 17.7. The van der Waals surface area contributed by atoms with Gasteiger partial charge in [0, 0.05) is 0 Å². The molecule has 0 atom stereocenters. The quantitative estimate of drug-likeness (QED) is 0.140. The monoisotopic (exact) mass is 591 g/mol. The molecule has 0 N–H and O–H groups in total. The van der Waals surface area contributed by atoms with E-state index in [1.807, 2.05) is 30.3 Å². The summed E-state index contributed by atoms with van der Waals surface area (Å²) in [5.41, 5.74) is 2.19. The van der Waals surface area contributed by atoms with Crippen LogP contribution in [0.1, 0.15) is 65.0 Å². The minimum atomic E-state index is -2.89. The average molecular weight is 590 g/mol. The molecule has 0 spiro atoms. The van der Waals surface area contributed by atoms with E-state index in [4.69, 9.17) is 15.0 Å². The summed E-state index contributed by atoms with van der Waals surface area (Å²) in [5.74, 6) is 0.889. The van der Waals surface area contributed by atoms with Gasteiger partial charge < -0.3 is 0 Å². The molecular formula is C31H41N3OSn. The molecule has 0 unspecified atom stereocenters. The van der Waals surface area contributed by atoms with Crippen LogP contribution in [0.25, 0.3) is 16.5 Å². The van der Waals surface area contributed by atoms with Crippen LogP contribution in [0, 0.1) is 0 Å². The number of rotatable bonds is 14. The van der Waals surface area contributed by atoms with Crippen molar-refractivity contribution in [2.75, 3.05) is 0 Å². The summed E-state index contributed by atoms with van der Waals surface area (Å²) in [7, 11) is 0. The maximum absolute atomic E-state index is 6.28. The molecular weight excluding hydrogens is 549 g/mol. The Labute approximate surface area is 220 Å². The predicted molar refractivity (Wildman–Crippen MR) is 154 cm³/mol. The summed E-state index contributed by atoms with van der Waals surface area (Å²) in [6.07, 6.45) is 7.61. The number of ether oxygens (including phenoxy) is 1. The predicted octanol–water partition coefficient (Wildman–Crippen LogP) is 8.06. The van der Waals surface area contributed by atoms with Crippen LogP contribution >= 0.6 is 0 Å². The summed E-state index contributed by atoms with van der Waals surface area (Å²) >= 11 is -2.89. The van der Waals surface area contributed by atoms with Gasteiger partial charge in [-0.2, -0.15) is 0 Å². The Morgan fingerprint density at radius 3 is 1.97 bits per heavy atom. The molecule has 0 bridgehead atoms. The normalized spacial score (nSPS) is 11.8. The van der Waals surface area contributed by atoms with E-state index in [1.165, 1.54) is 66.3 Å². The number of benzene rings is 3. The molecule has 0 aliphatic rings. The third kappa shape index (κ3) is 6.31. The van der Waals surface area contributed by atoms with Crippen LogP contribution in [-0.4, -0.2) is 33.4 Å². The molecule has 0 radical (unpaired) electrons. The fourth-order valence-electron chi connectivity index (χ4n) is 5.37. The molecule has 1 aromatic heterocycles. The van der Waals surface area contributed by atoms with Crippen LogP contribution in [0.4, 0.5) is 0 Å². The zero-order chi connectivity index (χ0) is 25.2. The van der Waals surface area contributed by atoms with E-state index >= 15 is 0 Å². The molecule has 0 fully saturated rings. The number of unbranched alkanes of at least 4 members (excludes halogenated alkanes) is 3. The van der Waals surface area contributed by atoms with Gasteiger partial charge in [-0.15, -0.1) is 0 Å². The van der Waals surface area contributed by atoms with Crippen LogP contribution < -0.4 is 8.45 Å². The number of aromatic nitrogens is 3. The second-order valence-electron chi connectivity index (χ2n) is 10.0. The van der Waals surface area contributed by atoms with Crippen molar-refractivity contribution in [2.24, 2.45) is 0 Å². The molecule has 5 heteroatoms. The van der Waals surface area contributed by atoms with Gasteiger partial charge in [0.2, 0.25) is 0 Å². The molecule has 3 aromatic carbocycles. The van der Waals surface area contributed by atoms with Crippen molar-refractivity contribution in [2.45, 2.75) is 79.2 Å². The molecule has 190 valence electrons. The van der Waals surface area contributed by atoms with Gasteiger partial charge in [-0.3, -0.25) is 0 Å². The van der Waals surface area contributed by atoms with Gasteiger partial charge in [-0.25, -0.2) is 0 Å². The topological polar surface area (TPSA) is 39.9 Å². The van der Waals surface area contributed by atoms with Gasteiger partial charge in [0.05, 0.1) is 0 Å². The summed E-state index contributed by atoms with van der Waals surface area (Å²) in [4.78, 5) is 0. The first-order valence-corrected chi connectivity index (χ1v) is 21.3. The minimum absolute atomic E-state index is 0.482. The van der Waals surface area contributed by atoms with Gasteiger partial charge in [-0.05, 0) is 0 Å². The van der Waals surface area contributed by atoms with Crippen molar-refractivity contribution in [1.82, 2.24) is 15.0 Å². The Morgan fingerprint density at radius 1 is 0.722 bits per heavy atom. The Bertz CT molecular complexity index is 1200. The van der Waals surface area contributed by atoms with E-state index in [9.17, 15) is 0 Å². The van der Waals surface area contributed by atoms with Gasteiger partial charge in [0.25, 0.3) is 0 Å². The number of para-hydroxylation sites is 1. The molecule has 0 aliphatic heterocycles. The zero-order valence-electron chi connectivity index (χ0n) is 22.2. The molecule has 0 aliphatic carbocycles. The fraction of sp³-hybridized carbons (Fsp3) is 0.419. The van der Waals surface area contributed by atoms with Crippen LogP contribution in [0.2, 0.25) is 13.3 Å². The van der Waals surface area contributed by atoms with Crippen LogP contribution in [0.15, 0.2) is 72.8 Å². The third-order valence-electron chi connectivity index (χ3n) is 7.37. The van der Waals surface area contributed by atoms with Crippen molar-refractivity contribution in [3.8, 4) is 11.4 Å². The molecule has 4 nitrogen and oxygen atoms in total. The summed E-state index contributed by atoms with van der Waals surface area (Å²) in [5, 5.41) is 12.2. The molecule has 36 heavy (non-hydrogen) atoms. The molecule has 0 saturated carbocycles. The van der Waals surface area contributed by atoms with Crippen molar-refractivity contribution >= 4 is 32.9 Å². The Morgan fingerprint density at radius 2 is 1.33 bits per heavy atom. The van der Waals surface area contributed by atoms with Crippen LogP contribution in [0.3, 0.4) is 0 Å². The number of hydrogen-bond donors (Lipinski definition) is 0. The van der Waals surface area contributed by atoms with Gasteiger partial charge in [0.1, 0.15) is 0 Å². The van der Waals surface area contributed by atoms with Crippen molar-refractivity contribution in [1.29, 1.82) is 0 Å². The van der Waals surface area contributed by atoms with Gasteiger partial charge in [0.15, 0.2) is 0 Å². The number of hydrogen-bond acceptors (Lipinski definition) is 3. The molecule has 4 rings (SSSR count). The summed E-state index contributed by atoms with van der Waals surface area (Å²) in [6.45, 7) is 7.47. The number of nitrogens with zero attached hydrogens (tertiary/aromatic N) is 3. The van der Waals surface area contributed by atoms with Gasteiger partial charge >= 0.3 is 222 Å². The first-order valence-electron chi connectivity index (χ1n) is 13.8. The SMILES string of the molecule is CCC[CH2][Sn]([CH2]CCC)([CH2]CCC)[c]1c(COc2ccccc2)nnn1-c1ccc2ccccc2c1. The van der Waals surface area contributed by atoms with Gasteiger partial charge in [-0.1, -0.05) is 0 Å². The molecule has 1 heterocycles. The summed E-state index contributed by atoms with van der Waals surface area (Å²) < 4.78 is 14.1. The van der Waals surface area contributed by atoms with Crippen molar-refractivity contribution in [3.05, 3.63) is 78.5 Å². The van der Waals surface area contributed by atoms with E-state index < -0.39 is 18.4 Å². The van der Waals surface area contributed by atoms with E-state index in [-0.39, 0.29) is 0 Å². The second kappa shape index (κ2) is 13.3. The average Bonchev–Trinajstić information content (AvgIpc) is 3.37. The summed E-state index contributed by atoms with van der Waals surface area (Å²) in [6, 6.07) is 25.4. The van der Waals surface area contributed by atoms with E-state index in [0.29, 0.717) is 6.61 Å².